The molecule has 1 rings (SSSR count). The second-order valence-electron chi connectivity index (χ2n) is 2.95. The van der Waals surface area contributed by atoms with E-state index in [-0.39, 0.29) is 11.7 Å². The highest BCUT2D eigenvalue weighted by Crippen LogP contribution is 2.31. The van der Waals surface area contributed by atoms with Crippen molar-refractivity contribution < 1.29 is 18.7 Å². The van der Waals surface area contributed by atoms with Gasteiger partial charge in [-0.05, 0) is 12.1 Å². The van der Waals surface area contributed by atoms with Gasteiger partial charge in [-0.3, -0.25) is 4.79 Å². The number of carbonyl (C=O) groups excluding carboxylic acids is 1. The minimum Gasteiger partial charge on any atom is -0.492 e. The summed E-state index contributed by atoms with van der Waals surface area (Å²) >= 11 is 1.36. The second-order valence-corrected chi connectivity index (χ2v) is 4.08. The Morgan fingerprint density at radius 3 is 2.81 bits per heavy atom. The molecule has 0 aliphatic heterocycles. The molecule has 0 fully saturated rings. The van der Waals surface area contributed by atoms with Crippen LogP contribution in [0, 0.1) is 5.82 Å². The summed E-state index contributed by atoms with van der Waals surface area (Å²) in [4.78, 5) is 11.6. The van der Waals surface area contributed by atoms with Crippen LogP contribution in [0.25, 0.3) is 0 Å². The predicted octanol–water partition coefficient (Wildman–Crippen LogP) is 2.49. The third kappa shape index (κ3) is 3.41. The Hall–Kier alpha value is -1.23. The molecule has 0 spiro atoms. The van der Waals surface area contributed by atoms with Crippen LogP contribution >= 0.6 is 11.8 Å². The van der Waals surface area contributed by atoms with Crippen LogP contribution in [0.1, 0.15) is 6.42 Å². The minimum absolute atomic E-state index is 0.220. The van der Waals surface area contributed by atoms with E-state index in [1.165, 1.54) is 32.0 Å². The van der Waals surface area contributed by atoms with E-state index in [0.717, 1.165) is 0 Å². The van der Waals surface area contributed by atoms with Crippen molar-refractivity contribution in [2.45, 2.75) is 11.3 Å². The van der Waals surface area contributed by atoms with Gasteiger partial charge in [0.2, 0.25) is 0 Å². The molecule has 0 radical (unpaired) electrons. The number of thioether (sulfide) groups is 1. The van der Waals surface area contributed by atoms with E-state index in [2.05, 4.69) is 4.74 Å². The summed E-state index contributed by atoms with van der Waals surface area (Å²) < 4.78 is 22.7. The normalized spacial score (nSPS) is 9.94. The molecular formula is C11H13FO3S. The summed E-state index contributed by atoms with van der Waals surface area (Å²) in [5, 5.41) is 0. The summed E-state index contributed by atoms with van der Waals surface area (Å²) in [6, 6.07) is 4.70. The molecule has 0 bridgehead atoms. The fraction of sp³-hybridized carbons (Fsp3) is 0.364. The summed E-state index contributed by atoms with van der Waals surface area (Å²) in [6.45, 7) is 0. The van der Waals surface area contributed by atoms with E-state index in [0.29, 0.717) is 17.1 Å². The molecule has 88 valence electrons. The number of esters is 1. The maximum Gasteiger partial charge on any atom is 0.306 e. The van der Waals surface area contributed by atoms with Crippen LogP contribution in [-0.4, -0.2) is 25.9 Å². The zero-order chi connectivity index (χ0) is 12.0. The molecule has 0 aliphatic carbocycles. The minimum atomic E-state index is -0.398. The van der Waals surface area contributed by atoms with Gasteiger partial charge >= 0.3 is 5.97 Å². The van der Waals surface area contributed by atoms with Gasteiger partial charge in [0.15, 0.2) is 11.6 Å². The van der Waals surface area contributed by atoms with Crippen LogP contribution in [0.4, 0.5) is 4.39 Å². The van der Waals surface area contributed by atoms with Crippen molar-refractivity contribution in [1.29, 1.82) is 0 Å². The Bertz CT molecular complexity index is 368. The maximum atomic E-state index is 13.3. The van der Waals surface area contributed by atoms with Gasteiger partial charge in [-0.25, -0.2) is 4.39 Å². The Labute approximate surface area is 97.9 Å². The topological polar surface area (TPSA) is 35.5 Å². The van der Waals surface area contributed by atoms with Gasteiger partial charge in [0.25, 0.3) is 0 Å². The zero-order valence-electron chi connectivity index (χ0n) is 9.16. The number of hydrogen-bond donors (Lipinski definition) is 0. The third-order valence-electron chi connectivity index (χ3n) is 1.93. The lowest BCUT2D eigenvalue weighted by atomic mass is 10.3. The molecule has 0 amide bonds. The SMILES string of the molecule is COC(=O)CCSc1cccc(F)c1OC. The van der Waals surface area contributed by atoms with Crippen molar-refractivity contribution >= 4 is 17.7 Å². The number of benzene rings is 1. The maximum absolute atomic E-state index is 13.3. The molecule has 1 aromatic carbocycles. The lowest BCUT2D eigenvalue weighted by Crippen LogP contribution is -2.01. The zero-order valence-corrected chi connectivity index (χ0v) is 9.97. The molecule has 3 nitrogen and oxygen atoms in total. The summed E-state index contributed by atoms with van der Waals surface area (Å²) in [5.41, 5.74) is 0. The van der Waals surface area contributed by atoms with E-state index in [4.69, 9.17) is 4.74 Å². The average molecular weight is 244 g/mol. The van der Waals surface area contributed by atoms with Gasteiger partial charge in [0.1, 0.15) is 0 Å². The highest BCUT2D eigenvalue weighted by Gasteiger charge is 2.09. The van der Waals surface area contributed by atoms with Crippen LogP contribution < -0.4 is 4.74 Å². The molecule has 0 saturated heterocycles. The highest BCUT2D eigenvalue weighted by atomic mass is 32.2. The number of rotatable bonds is 5. The molecule has 0 heterocycles. The number of hydrogen-bond acceptors (Lipinski definition) is 4. The molecule has 0 N–H and O–H groups in total. The molecule has 1 aromatic rings. The van der Waals surface area contributed by atoms with Crippen LogP contribution in [0.3, 0.4) is 0 Å². The molecule has 16 heavy (non-hydrogen) atoms. The van der Waals surface area contributed by atoms with Crippen molar-refractivity contribution in [3.8, 4) is 5.75 Å². The van der Waals surface area contributed by atoms with E-state index in [1.807, 2.05) is 0 Å². The first-order valence-corrected chi connectivity index (χ1v) is 5.69. The van der Waals surface area contributed by atoms with Gasteiger partial charge in [-0.2, -0.15) is 0 Å². The number of carbonyl (C=O) groups is 1. The standard InChI is InChI=1S/C11H13FO3S/c1-14-10(13)6-7-16-9-5-3-4-8(12)11(9)15-2/h3-5H,6-7H2,1-2H3. The predicted molar refractivity (Wildman–Crippen MR) is 60.3 cm³/mol. The first-order valence-electron chi connectivity index (χ1n) is 4.71. The largest absolute Gasteiger partial charge is 0.492 e. The first kappa shape index (κ1) is 12.8. The van der Waals surface area contributed by atoms with E-state index < -0.39 is 5.82 Å². The molecule has 0 atom stereocenters. The number of methoxy groups -OCH3 is 2. The third-order valence-corrected chi connectivity index (χ3v) is 2.97. The lowest BCUT2D eigenvalue weighted by Gasteiger charge is -2.08. The Kier molecular flexibility index (Phi) is 5.11. The quantitative estimate of drug-likeness (QED) is 0.589. The fourth-order valence-corrected chi connectivity index (χ4v) is 2.12. The van der Waals surface area contributed by atoms with Gasteiger partial charge in [-0.1, -0.05) is 6.07 Å². The summed E-state index contributed by atoms with van der Waals surface area (Å²) in [5.74, 6) is 0.0813. The monoisotopic (exact) mass is 244 g/mol. The smallest absolute Gasteiger partial charge is 0.306 e. The van der Waals surface area contributed by atoms with Crippen LogP contribution in [0.15, 0.2) is 23.1 Å². The number of para-hydroxylation sites is 1. The first-order chi connectivity index (χ1) is 7.69. The Morgan fingerprint density at radius 2 is 2.19 bits per heavy atom. The van der Waals surface area contributed by atoms with Crippen LogP contribution in [0.2, 0.25) is 0 Å². The second kappa shape index (κ2) is 6.37. The molecule has 0 unspecified atom stereocenters. The molecule has 0 aliphatic rings. The number of ether oxygens (including phenoxy) is 2. The van der Waals surface area contributed by atoms with E-state index in [1.54, 1.807) is 12.1 Å². The van der Waals surface area contributed by atoms with Crippen molar-refractivity contribution in [2.75, 3.05) is 20.0 Å². The summed E-state index contributed by atoms with van der Waals surface area (Å²) in [7, 11) is 2.76. The number of halogens is 1. The van der Waals surface area contributed by atoms with E-state index in [9.17, 15) is 9.18 Å². The van der Waals surface area contributed by atoms with Crippen molar-refractivity contribution in [1.82, 2.24) is 0 Å². The van der Waals surface area contributed by atoms with Crippen LogP contribution in [0.5, 0.6) is 5.75 Å². The Morgan fingerprint density at radius 1 is 1.44 bits per heavy atom. The van der Waals surface area contributed by atoms with Crippen molar-refractivity contribution in [3.63, 3.8) is 0 Å². The molecule has 0 saturated carbocycles. The van der Waals surface area contributed by atoms with Crippen molar-refractivity contribution in [3.05, 3.63) is 24.0 Å². The molecule has 0 aromatic heterocycles. The Balaban J connectivity index is 2.60. The van der Waals surface area contributed by atoms with Crippen LogP contribution in [-0.2, 0) is 9.53 Å². The van der Waals surface area contributed by atoms with E-state index >= 15 is 0 Å². The van der Waals surface area contributed by atoms with Gasteiger partial charge in [0, 0.05) is 5.75 Å². The van der Waals surface area contributed by atoms with Gasteiger partial charge < -0.3 is 9.47 Å². The van der Waals surface area contributed by atoms with Gasteiger partial charge in [-0.15, -0.1) is 11.8 Å². The molecule has 5 heteroatoms. The molecular weight excluding hydrogens is 231 g/mol. The summed E-state index contributed by atoms with van der Waals surface area (Å²) in [6.07, 6.45) is 0.292. The fourth-order valence-electron chi connectivity index (χ4n) is 1.15. The van der Waals surface area contributed by atoms with Crippen molar-refractivity contribution in [2.24, 2.45) is 0 Å². The lowest BCUT2D eigenvalue weighted by molar-refractivity contribution is -0.140. The van der Waals surface area contributed by atoms with Gasteiger partial charge in [0.05, 0.1) is 25.5 Å². The highest BCUT2D eigenvalue weighted by molar-refractivity contribution is 7.99. The average Bonchev–Trinajstić information content (AvgIpc) is 2.29.